The zero-order valence-electron chi connectivity index (χ0n) is 28.7. The normalized spacial score (nSPS) is 28.2. The van der Waals surface area contributed by atoms with Crippen LogP contribution in [0.1, 0.15) is 100.0 Å². The van der Waals surface area contributed by atoms with Crippen molar-refractivity contribution in [2.75, 3.05) is 31.6 Å². The molecule has 260 valence electrons. The number of aryl methyl sites for hydroxylation is 1. The van der Waals surface area contributed by atoms with Gasteiger partial charge in [-0.3, -0.25) is 9.69 Å². The molecule has 9 rings (SSSR count). The van der Waals surface area contributed by atoms with Crippen molar-refractivity contribution in [1.82, 2.24) is 14.9 Å². The van der Waals surface area contributed by atoms with Gasteiger partial charge in [-0.15, -0.1) is 0 Å². The summed E-state index contributed by atoms with van der Waals surface area (Å²) in [4.78, 5) is 40.2. The second-order valence-corrected chi connectivity index (χ2v) is 15.6. The molecule has 1 N–H and O–H groups in total. The highest BCUT2D eigenvalue weighted by Gasteiger charge is 2.51. The number of pyridine rings is 1. The molecule has 1 saturated heterocycles. The minimum atomic E-state index is -0.459. The minimum absolute atomic E-state index is 0.0398. The van der Waals surface area contributed by atoms with E-state index in [0.717, 1.165) is 74.3 Å². The van der Waals surface area contributed by atoms with Crippen molar-refractivity contribution in [2.45, 2.75) is 108 Å². The average Bonchev–Trinajstić information content (AvgIpc) is 3.85. The zero-order valence-corrected chi connectivity index (χ0v) is 28.7. The van der Waals surface area contributed by atoms with Gasteiger partial charge in [0.1, 0.15) is 29.6 Å². The van der Waals surface area contributed by atoms with E-state index >= 15 is 0 Å². The van der Waals surface area contributed by atoms with Crippen molar-refractivity contribution in [3.8, 4) is 17.0 Å². The number of carbonyl (C=O) groups excluding carboxylic acids is 2. The Morgan fingerprint density at radius 2 is 1.73 bits per heavy atom. The molecule has 2 aromatic heterocycles. The zero-order chi connectivity index (χ0) is 33.8. The molecule has 0 radical (unpaired) electrons. The topological polar surface area (TPSA) is 118 Å². The van der Waals surface area contributed by atoms with E-state index in [4.69, 9.17) is 23.9 Å². The summed E-state index contributed by atoms with van der Waals surface area (Å²) in [5.74, 6) is 2.77. The fraction of sp³-hybridized carbons (Fsp3) is 0.590. The number of aromatic nitrogens is 2. The second kappa shape index (κ2) is 12.8. The molecular formula is C39H48N4O6. The van der Waals surface area contributed by atoms with Gasteiger partial charge in [0.2, 0.25) is 5.91 Å². The third kappa shape index (κ3) is 6.33. The summed E-state index contributed by atoms with van der Waals surface area (Å²) in [6, 6.07) is 10.6. The molecule has 0 atom stereocenters. The number of ether oxygens (including phenoxy) is 2. The van der Waals surface area contributed by atoms with E-state index in [-0.39, 0.29) is 34.9 Å². The minimum Gasteiger partial charge on any atom is -0.496 e. The summed E-state index contributed by atoms with van der Waals surface area (Å²) in [7, 11) is 1.73. The molecule has 1 aromatic carbocycles. The van der Waals surface area contributed by atoms with Gasteiger partial charge in [-0.1, -0.05) is 12.1 Å². The third-order valence-corrected chi connectivity index (χ3v) is 12.3. The van der Waals surface area contributed by atoms with Crippen LogP contribution in [0.5, 0.6) is 5.75 Å². The number of hydrogen-bond donors (Lipinski definition) is 1. The number of rotatable bonds is 9. The first kappa shape index (κ1) is 32.3. The van der Waals surface area contributed by atoms with Crippen molar-refractivity contribution in [2.24, 2.45) is 11.3 Å². The molecule has 10 heteroatoms. The number of aliphatic hydroxyl groups is 1. The molecule has 6 fully saturated rings. The molecule has 5 aliphatic carbocycles. The van der Waals surface area contributed by atoms with Crippen LogP contribution in [0.15, 0.2) is 47.2 Å². The molecule has 6 aliphatic rings. The molecule has 2 amide bonds. The number of amides is 2. The van der Waals surface area contributed by atoms with E-state index < -0.39 is 6.10 Å². The highest BCUT2D eigenvalue weighted by molar-refractivity contribution is 5.95. The number of methoxy groups -OCH3 is 1. The second-order valence-electron chi connectivity index (χ2n) is 15.6. The molecular weight excluding hydrogens is 620 g/mol. The summed E-state index contributed by atoms with van der Waals surface area (Å²) in [6.45, 7) is 3.43. The molecule has 3 aromatic rings. The molecule has 2 bridgehead atoms. The van der Waals surface area contributed by atoms with Crippen LogP contribution < -0.4 is 9.64 Å². The molecule has 1 aliphatic heterocycles. The summed E-state index contributed by atoms with van der Waals surface area (Å²) in [5, 5.41) is 9.56. The van der Waals surface area contributed by atoms with Gasteiger partial charge >= 0.3 is 6.09 Å². The lowest BCUT2D eigenvalue weighted by atomic mass is 9.51. The van der Waals surface area contributed by atoms with Crippen LogP contribution in [-0.4, -0.2) is 70.9 Å². The summed E-state index contributed by atoms with van der Waals surface area (Å²) in [5.41, 5.74) is 4.51. The van der Waals surface area contributed by atoms with Crippen molar-refractivity contribution < 1.29 is 28.6 Å². The molecule has 0 unspecified atom stereocenters. The van der Waals surface area contributed by atoms with Gasteiger partial charge in [0.15, 0.2) is 5.89 Å². The van der Waals surface area contributed by atoms with Crippen LogP contribution in [0.2, 0.25) is 0 Å². The Balaban J connectivity index is 1.01. The number of oxazole rings is 1. The van der Waals surface area contributed by atoms with Gasteiger partial charge in [-0.2, -0.15) is 0 Å². The van der Waals surface area contributed by atoms with Gasteiger partial charge < -0.3 is 23.9 Å². The fourth-order valence-corrected chi connectivity index (χ4v) is 8.88. The first-order valence-electron chi connectivity index (χ1n) is 18.3. The lowest BCUT2D eigenvalue weighted by Crippen LogP contribution is -2.54. The lowest BCUT2D eigenvalue weighted by Gasteiger charge is -2.55. The first-order chi connectivity index (χ1) is 23.7. The Hall–Kier alpha value is -3.92. The maximum absolute atomic E-state index is 14.6. The van der Waals surface area contributed by atoms with Crippen LogP contribution in [0.4, 0.5) is 10.6 Å². The fourth-order valence-electron chi connectivity index (χ4n) is 8.88. The number of benzene rings is 1. The van der Waals surface area contributed by atoms with E-state index in [9.17, 15) is 14.7 Å². The van der Waals surface area contributed by atoms with Crippen LogP contribution >= 0.6 is 0 Å². The number of likely N-dealkylation sites (tertiary alicyclic amines) is 1. The number of aliphatic hydroxyl groups excluding tert-OH is 1. The number of fused-ring (bicyclic) bond motifs is 3. The maximum Gasteiger partial charge on any atom is 0.410 e. The number of anilines is 1. The highest BCUT2D eigenvalue weighted by atomic mass is 16.6. The van der Waals surface area contributed by atoms with Crippen LogP contribution in [0.3, 0.4) is 0 Å². The summed E-state index contributed by atoms with van der Waals surface area (Å²) < 4.78 is 17.1. The smallest absolute Gasteiger partial charge is 0.410 e. The van der Waals surface area contributed by atoms with Crippen LogP contribution in [0, 0.1) is 18.3 Å². The Labute approximate surface area is 288 Å². The first-order valence-corrected chi connectivity index (χ1v) is 18.3. The molecule has 3 heterocycles. The van der Waals surface area contributed by atoms with Gasteiger partial charge in [0.25, 0.3) is 0 Å². The average molecular weight is 669 g/mol. The number of nitrogens with zero attached hydrogens (tertiary/aromatic N) is 4. The predicted molar refractivity (Wildman–Crippen MR) is 183 cm³/mol. The van der Waals surface area contributed by atoms with Gasteiger partial charge in [0.05, 0.1) is 26.3 Å². The highest BCUT2D eigenvalue weighted by Crippen LogP contribution is 2.58. The van der Waals surface area contributed by atoms with Gasteiger partial charge in [-0.25, -0.2) is 14.8 Å². The Morgan fingerprint density at radius 3 is 2.39 bits per heavy atom. The number of carbonyl (C=O) groups is 2. The van der Waals surface area contributed by atoms with E-state index in [1.54, 1.807) is 19.6 Å². The Bertz CT molecular complexity index is 1680. The maximum atomic E-state index is 14.6. The van der Waals surface area contributed by atoms with E-state index in [2.05, 4.69) is 25.1 Å². The Kier molecular flexibility index (Phi) is 8.41. The van der Waals surface area contributed by atoms with E-state index in [1.807, 2.05) is 17.0 Å². The van der Waals surface area contributed by atoms with Crippen molar-refractivity contribution >= 4 is 17.8 Å². The standard InChI is InChI=1S/C39H48N4O6/c1-25-19-29(7-10-33(25)47-2)39-15-12-38(13-16-39,14-17-39)24-43(34-20-28(11-18-40-34)32-23-48-35(41-32)26-3-4-26)36(45)27-5-8-31(9-6-27)49-37(46)42-21-30(44)22-42/h7,10-11,18-20,23,26-27,30-31,44H,3-6,8-9,12-17,21-22,24H2,1-2H3. The molecule has 49 heavy (non-hydrogen) atoms. The SMILES string of the molecule is COc1ccc(C23CCC(CN(C(=O)C4CCC(OC(=O)N5CC(O)C5)CC4)c4cc(-c5coc(C6CC6)n5)ccn4)(CC2)CC3)cc1C. The van der Waals surface area contributed by atoms with Crippen LogP contribution in [0.25, 0.3) is 11.3 Å². The molecule has 10 nitrogen and oxygen atoms in total. The monoisotopic (exact) mass is 668 g/mol. The van der Waals surface area contributed by atoms with E-state index in [1.165, 1.54) is 16.0 Å². The van der Waals surface area contributed by atoms with Crippen LogP contribution in [-0.2, 0) is 14.9 Å². The summed E-state index contributed by atoms with van der Waals surface area (Å²) >= 11 is 0. The largest absolute Gasteiger partial charge is 0.496 e. The van der Waals surface area contributed by atoms with Crippen molar-refractivity contribution in [3.05, 3.63) is 59.8 Å². The lowest BCUT2D eigenvalue weighted by molar-refractivity contribution is -0.124. The van der Waals surface area contributed by atoms with Gasteiger partial charge in [-0.05, 0) is 124 Å². The quantitative estimate of drug-likeness (QED) is 0.261. The van der Waals surface area contributed by atoms with Crippen molar-refractivity contribution in [3.63, 3.8) is 0 Å². The molecule has 5 saturated carbocycles. The third-order valence-electron chi connectivity index (χ3n) is 12.3. The number of hydrogen-bond acceptors (Lipinski definition) is 8. The Morgan fingerprint density at radius 1 is 1.00 bits per heavy atom. The summed E-state index contributed by atoms with van der Waals surface area (Å²) in [6.07, 6.45) is 13.9. The van der Waals surface area contributed by atoms with Gasteiger partial charge in [0, 0.05) is 30.1 Å². The van der Waals surface area contributed by atoms with E-state index in [0.29, 0.717) is 57.1 Å². The predicted octanol–water partition coefficient (Wildman–Crippen LogP) is 6.93. The molecule has 0 spiro atoms. The van der Waals surface area contributed by atoms with Crippen molar-refractivity contribution in [1.29, 1.82) is 0 Å². The number of β-amino-alcohol motifs (C(OH)–C–C–N with tert-alkyl or cyclic N) is 1.